The standard InChI is InChI=1S/C24H17Cl3N2O2/c25-20-8-4-7-17(9-20)15-31-23-18(11-21(26)12-22(23)27)10-19(13-28)24(30)29-14-16-5-2-1-3-6-16/h1-12H,14-15H2,(H,29,30)/b19-10+. The molecule has 0 unspecified atom stereocenters. The van der Waals surface area contributed by atoms with E-state index in [1.54, 1.807) is 18.2 Å². The van der Waals surface area contributed by atoms with Gasteiger partial charge in [0.1, 0.15) is 24.0 Å². The molecule has 0 aliphatic rings. The normalized spacial score (nSPS) is 11.0. The topological polar surface area (TPSA) is 62.1 Å². The molecule has 0 bridgehead atoms. The van der Waals surface area contributed by atoms with Gasteiger partial charge in [-0.1, -0.05) is 77.3 Å². The predicted molar refractivity (Wildman–Crippen MR) is 124 cm³/mol. The first-order valence-corrected chi connectivity index (χ1v) is 10.4. The zero-order valence-corrected chi connectivity index (χ0v) is 18.5. The van der Waals surface area contributed by atoms with Crippen LogP contribution in [0.3, 0.4) is 0 Å². The van der Waals surface area contributed by atoms with E-state index in [9.17, 15) is 10.1 Å². The minimum atomic E-state index is -0.511. The van der Waals surface area contributed by atoms with Crippen LogP contribution in [0.1, 0.15) is 16.7 Å². The van der Waals surface area contributed by atoms with Crippen molar-refractivity contribution >= 4 is 46.8 Å². The molecular weight excluding hydrogens is 455 g/mol. The highest BCUT2D eigenvalue weighted by molar-refractivity contribution is 6.36. The third-order valence-electron chi connectivity index (χ3n) is 4.27. The Bertz CT molecular complexity index is 1160. The summed E-state index contributed by atoms with van der Waals surface area (Å²) in [5.74, 6) is -0.196. The number of nitriles is 1. The van der Waals surface area contributed by atoms with E-state index in [0.29, 0.717) is 27.9 Å². The van der Waals surface area contributed by atoms with Gasteiger partial charge in [0.2, 0.25) is 0 Å². The lowest BCUT2D eigenvalue weighted by Gasteiger charge is -2.13. The summed E-state index contributed by atoms with van der Waals surface area (Å²) >= 11 is 18.5. The maximum Gasteiger partial charge on any atom is 0.262 e. The number of benzene rings is 3. The second kappa shape index (κ2) is 10.9. The summed E-state index contributed by atoms with van der Waals surface area (Å²) in [6, 6.07) is 21.7. The molecule has 0 fully saturated rings. The van der Waals surface area contributed by atoms with Gasteiger partial charge >= 0.3 is 0 Å². The minimum absolute atomic E-state index is 0.0955. The van der Waals surface area contributed by atoms with Crippen LogP contribution in [0.25, 0.3) is 6.08 Å². The van der Waals surface area contributed by atoms with Gasteiger partial charge in [0.15, 0.2) is 0 Å². The maximum atomic E-state index is 12.5. The molecule has 0 spiro atoms. The van der Waals surface area contributed by atoms with E-state index >= 15 is 0 Å². The Morgan fingerprint density at radius 1 is 0.968 bits per heavy atom. The van der Waals surface area contributed by atoms with Crippen molar-refractivity contribution in [3.8, 4) is 11.8 Å². The van der Waals surface area contributed by atoms with Crippen molar-refractivity contribution in [2.45, 2.75) is 13.2 Å². The number of nitrogens with zero attached hydrogens (tertiary/aromatic N) is 1. The quantitative estimate of drug-likeness (QED) is 0.318. The molecule has 4 nitrogen and oxygen atoms in total. The molecule has 3 rings (SSSR count). The van der Waals surface area contributed by atoms with Gasteiger partial charge in [0, 0.05) is 22.2 Å². The van der Waals surface area contributed by atoms with Crippen molar-refractivity contribution in [1.82, 2.24) is 5.32 Å². The van der Waals surface area contributed by atoms with Crippen LogP contribution in [0.4, 0.5) is 0 Å². The van der Waals surface area contributed by atoms with E-state index in [1.165, 1.54) is 12.1 Å². The Balaban J connectivity index is 1.82. The Morgan fingerprint density at radius 3 is 2.42 bits per heavy atom. The zero-order valence-electron chi connectivity index (χ0n) is 16.2. The molecule has 0 aliphatic carbocycles. The van der Waals surface area contributed by atoms with Crippen LogP contribution < -0.4 is 10.1 Å². The minimum Gasteiger partial charge on any atom is -0.487 e. The van der Waals surface area contributed by atoms with E-state index in [1.807, 2.05) is 48.5 Å². The summed E-state index contributed by atoms with van der Waals surface area (Å²) < 4.78 is 5.88. The molecule has 7 heteroatoms. The van der Waals surface area contributed by atoms with Crippen LogP contribution in [-0.2, 0) is 17.9 Å². The van der Waals surface area contributed by atoms with Crippen molar-refractivity contribution in [1.29, 1.82) is 5.26 Å². The van der Waals surface area contributed by atoms with Crippen LogP contribution in [0.2, 0.25) is 15.1 Å². The maximum absolute atomic E-state index is 12.5. The molecule has 1 N–H and O–H groups in total. The van der Waals surface area contributed by atoms with Crippen LogP contribution >= 0.6 is 34.8 Å². The first-order chi connectivity index (χ1) is 15.0. The van der Waals surface area contributed by atoms with Crippen LogP contribution in [0.5, 0.6) is 5.75 Å². The molecule has 0 atom stereocenters. The molecule has 0 saturated carbocycles. The number of rotatable bonds is 7. The largest absolute Gasteiger partial charge is 0.487 e. The van der Waals surface area contributed by atoms with Gasteiger partial charge in [0.25, 0.3) is 5.91 Å². The van der Waals surface area contributed by atoms with E-state index < -0.39 is 5.91 Å². The van der Waals surface area contributed by atoms with Gasteiger partial charge in [-0.05, 0) is 41.5 Å². The first-order valence-electron chi connectivity index (χ1n) is 9.26. The highest BCUT2D eigenvalue weighted by Gasteiger charge is 2.14. The third-order valence-corrected chi connectivity index (χ3v) is 5.00. The highest BCUT2D eigenvalue weighted by Crippen LogP contribution is 2.34. The Morgan fingerprint density at radius 2 is 1.71 bits per heavy atom. The average molecular weight is 472 g/mol. The third kappa shape index (κ3) is 6.50. The number of ether oxygens (including phenoxy) is 1. The highest BCUT2D eigenvalue weighted by atomic mass is 35.5. The summed E-state index contributed by atoms with van der Waals surface area (Å²) in [7, 11) is 0. The monoisotopic (exact) mass is 470 g/mol. The van der Waals surface area contributed by atoms with Crippen molar-refractivity contribution in [2.75, 3.05) is 0 Å². The number of halogens is 3. The smallest absolute Gasteiger partial charge is 0.262 e. The van der Waals surface area contributed by atoms with Crippen molar-refractivity contribution < 1.29 is 9.53 Å². The molecule has 1 amide bonds. The summed E-state index contributed by atoms with van der Waals surface area (Å²) in [5.41, 5.74) is 2.09. The van der Waals surface area contributed by atoms with Crippen molar-refractivity contribution in [3.05, 3.63) is 104 Å². The van der Waals surface area contributed by atoms with E-state index in [0.717, 1.165) is 11.1 Å². The molecule has 0 aromatic heterocycles. The van der Waals surface area contributed by atoms with Gasteiger partial charge in [-0.25, -0.2) is 0 Å². The van der Waals surface area contributed by atoms with Gasteiger partial charge in [-0.15, -0.1) is 0 Å². The van der Waals surface area contributed by atoms with Gasteiger partial charge < -0.3 is 10.1 Å². The number of carbonyl (C=O) groups is 1. The van der Waals surface area contributed by atoms with Crippen LogP contribution in [-0.4, -0.2) is 5.91 Å². The average Bonchev–Trinajstić information content (AvgIpc) is 2.75. The van der Waals surface area contributed by atoms with Crippen molar-refractivity contribution in [3.63, 3.8) is 0 Å². The second-order valence-electron chi connectivity index (χ2n) is 6.56. The number of carbonyl (C=O) groups excluding carboxylic acids is 1. The number of amides is 1. The molecule has 31 heavy (non-hydrogen) atoms. The lowest BCUT2D eigenvalue weighted by atomic mass is 10.1. The number of hydrogen-bond acceptors (Lipinski definition) is 3. The van der Waals surface area contributed by atoms with Crippen molar-refractivity contribution in [2.24, 2.45) is 0 Å². The summed E-state index contributed by atoms with van der Waals surface area (Å²) in [6.45, 7) is 0.498. The number of nitrogens with one attached hydrogen (secondary N) is 1. The van der Waals surface area contributed by atoms with E-state index in [4.69, 9.17) is 39.5 Å². The van der Waals surface area contributed by atoms with Gasteiger partial charge in [0.05, 0.1) is 5.02 Å². The lowest BCUT2D eigenvalue weighted by molar-refractivity contribution is -0.117. The summed E-state index contributed by atoms with van der Waals surface area (Å²) in [6.07, 6.45) is 1.41. The summed E-state index contributed by atoms with van der Waals surface area (Å²) in [5, 5.41) is 13.5. The van der Waals surface area contributed by atoms with Crippen LogP contribution in [0, 0.1) is 11.3 Å². The Labute approximate surface area is 195 Å². The molecule has 3 aromatic carbocycles. The molecule has 0 heterocycles. The molecule has 0 aliphatic heterocycles. The first kappa shape index (κ1) is 22.7. The second-order valence-corrected chi connectivity index (χ2v) is 7.84. The Kier molecular flexibility index (Phi) is 7.97. The molecule has 0 radical (unpaired) electrons. The fraction of sp³-hybridized carbons (Fsp3) is 0.0833. The molecule has 0 saturated heterocycles. The Hall–Kier alpha value is -2.97. The summed E-state index contributed by atoms with van der Waals surface area (Å²) in [4.78, 5) is 12.5. The van der Waals surface area contributed by atoms with E-state index in [2.05, 4.69) is 5.32 Å². The van der Waals surface area contributed by atoms with Crippen LogP contribution in [0.15, 0.2) is 72.3 Å². The molecule has 156 valence electrons. The fourth-order valence-electron chi connectivity index (χ4n) is 2.80. The fourth-order valence-corrected chi connectivity index (χ4v) is 3.58. The SMILES string of the molecule is N#C/C(=C\c1cc(Cl)cc(Cl)c1OCc1cccc(Cl)c1)C(=O)NCc1ccccc1. The van der Waals surface area contributed by atoms with Gasteiger partial charge in [-0.3, -0.25) is 4.79 Å². The zero-order chi connectivity index (χ0) is 22.2. The molecule has 3 aromatic rings. The predicted octanol–water partition coefficient (Wildman–Crippen LogP) is 6.45. The van der Waals surface area contributed by atoms with E-state index in [-0.39, 0.29) is 17.2 Å². The number of hydrogen-bond donors (Lipinski definition) is 1. The van der Waals surface area contributed by atoms with Gasteiger partial charge in [-0.2, -0.15) is 5.26 Å². The lowest BCUT2D eigenvalue weighted by Crippen LogP contribution is -2.23. The molecular formula is C24H17Cl3N2O2.